The van der Waals surface area contributed by atoms with Crippen molar-refractivity contribution >= 4 is 17.4 Å². The maximum Gasteiger partial charge on any atom is 0.115 e. The Hall–Kier alpha value is -0.630. The minimum Gasteiger partial charge on any atom is -0.245 e. The van der Waals surface area contributed by atoms with Crippen LogP contribution in [-0.4, -0.2) is 4.98 Å². The predicted molar refractivity (Wildman–Crippen MR) is 60.1 cm³/mol. The van der Waals surface area contributed by atoms with Gasteiger partial charge in [0.05, 0.1) is 0 Å². The van der Waals surface area contributed by atoms with E-state index in [9.17, 15) is 0 Å². The van der Waals surface area contributed by atoms with Gasteiger partial charge in [-0.15, -0.1) is 11.3 Å². The van der Waals surface area contributed by atoms with Gasteiger partial charge in [-0.1, -0.05) is 33.8 Å². The van der Waals surface area contributed by atoms with E-state index in [1.807, 2.05) is 12.3 Å². The van der Waals surface area contributed by atoms with Gasteiger partial charge in [-0.25, -0.2) is 4.98 Å². The molecule has 0 unspecified atom stereocenters. The lowest BCUT2D eigenvalue weighted by molar-refractivity contribution is 0.481. The standard InChI is InChI=1S/C11H17NS/c1-5-7-11(3,4)9-8-12-10(6-2)13-9/h6,8H,2,5,7H2,1,3-4H3. The van der Waals surface area contributed by atoms with Crippen LogP contribution >= 0.6 is 11.3 Å². The van der Waals surface area contributed by atoms with Crippen molar-refractivity contribution in [3.63, 3.8) is 0 Å². The first-order chi connectivity index (χ1) is 6.10. The lowest BCUT2D eigenvalue weighted by atomic mass is 9.87. The van der Waals surface area contributed by atoms with Crippen LogP contribution in [0, 0.1) is 0 Å². The third-order valence-corrected chi connectivity index (χ3v) is 3.60. The van der Waals surface area contributed by atoms with Crippen molar-refractivity contribution in [3.8, 4) is 0 Å². The highest BCUT2D eigenvalue weighted by Crippen LogP contribution is 2.32. The molecule has 0 saturated carbocycles. The molecule has 0 amide bonds. The molecule has 0 atom stereocenters. The highest BCUT2D eigenvalue weighted by Gasteiger charge is 2.21. The molecule has 0 fully saturated rings. The Morgan fingerprint density at radius 1 is 1.62 bits per heavy atom. The summed E-state index contributed by atoms with van der Waals surface area (Å²) < 4.78 is 0. The minimum atomic E-state index is 0.272. The molecule has 1 heterocycles. The third-order valence-electron chi connectivity index (χ3n) is 2.24. The summed E-state index contributed by atoms with van der Waals surface area (Å²) in [5.74, 6) is 0. The van der Waals surface area contributed by atoms with Gasteiger partial charge in [0.15, 0.2) is 0 Å². The largest absolute Gasteiger partial charge is 0.245 e. The first kappa shape index (κ1) is 10.5. The Bertz CT molecular complexity index is 286. The highest BCUT2D eigenvalue weighted by atomic mass is 32.1. The van der Waals surface area contributed by atoms with Gasteiger partial charge in [-0.3, -0.25) is 0 Å². The summed E-state index contributed by atoms with van der Waals surface area (Å²) in [5.41, 5.74) is 0.272. The van der Waals surface area contributed by atoms with Crippen molar-refractivity contribution in [2.45, 2.75) is 39.0 Å². The van der Waals surface area contributed by atoms with Crippen LogP contribution in [-0.2, 0) is 5.41 Å². The molecular formula is C11H17NS. The first-order valence-corrected chi connectivity index (χ1v) is 5.50. The molecule has 72 valence electrons. The monoisotopic (exact) mass is 195 g/mol. The normalized spacial score (nSPS) is 11.6. The zero-order valence-corrected chi connectivity index (χ0v) is 9.45. The predicted octanol–water partition coefficient (Wildman–Crippen LogP) is 3.86. The first-order valence-electron chi connectivity index (χ1n) is 4.69. The van der Waals surface area contributed by atoms with Crippen LogP contribution in [0.15, 0.2) is 12.8 Å². The van der Waals surface area contributed by atoms with Crippen molar-refractivity contribution in [1.82, 2.24) is 4.98 Å². The molecule has 0 aliphatic heterocycles. The Labute approximate surface area is 84.5 Å². The van der Waals surface area contributed by atoms with Crippen LogP contribution < -0.4 is 0 Å². The average Bonchev–Trinajstić information content (AvgIpc) is 2.52. The molecule has 1 nitrogen and oxygen atoms in total. The molecule has 0 aromatic carbocycles. The quantitative estimate of drug-likeness (QED) is 0.711. The van der Waals surface area contributed by atoms with E-state index < -0.39 is 0 Å². The van der Waals surface area contributed by atoms with Gasteiger partial charge >= 0.3 is 0 Å². The maximum absolute atomic E-state index is 4.28. The summed E-state index contributed by atoms with van der Waals surface area (Å²) >= 11 is 1.75. The van der Waals surface area contributed by atoms with E-state index in [1.54, 1.807) is 11.3 Å². The smallest absolute Gasteiger partial charge is 0.115 e. The lowest BCUT2D eigenvalue weighted by Crippen LogP contribution is -2.14. The number of rotatable bonds is 4. The molecule has 0 radical (unpaired) electrons. The highest BCUT2D eigenvalue weighted by molar-refractivity contribution is 7.12. The zero-order valence-electron chi connectivity index (χ0n) is 8.63. The fraction of sp³-hybridized carbons (Fsp3) is 0.545. The molecule has 1 aromatic rings. The molecule has 1 aromatic heterocycles. The van der Waals surface area contributed by atoms with E-state index >= 15 is 0 Å². The molecular weight excluding hydrogens is 178 g/mol. The molecule has 2 heteroatoms. The second-order valence-corrected chi connectivity index (χ2v) is 4.96. The summed E-state index contributed by atoms with van der Waals surface area (Å²) in [6.07, 6.45) is 6.23. The fourth-order valence-corrected chi connectivity index (χ4v) is 2.34. The molecule has 13 heavy (non-hydrogen) atoms. The third kappa shape index (κ3) is 2.41. The molecule has 0 aliphatic rings. The Kier molecular flexibility index (Phi) is 3.26. The van der Waals surface area contributed by atoms with E-state index in [-0.39, 0.29) is 5.41 Å². The molecule has 0 aliphatic carbocycles. The van der Waals surface area contributed by atoms with Gasteiger partial charge < -0.3 is 0 Å². The average molecular weight is 195 g/mol. The van der Waals surface area contributed by atoms with Crippen LogP contribution in [0.4, 0.5) is 0 Å². The van der Waals surface area contributed by atoms with E-state index in [2.05, 4.69) is 32.3 Å². The van der Waals surface area contributed by atoms with E-state index in [0.29, 0.717) is 0 Å². The second-order valence-electron chi connectivity index (χ2n) is 3.90. The Balaban J connectivity index is 2.86. The van der Waals surface area contributed by atoms with Gasteiger partial charge in [0.25, 0.3) is 0 Å². The second kappa shape index (κ2) is 4.05. The molecule has 0 bridgehead atoms. The lowest BCUT2D eigenvalue weighted by Gasteiger charge is -2.21. The number of hydrogen-bond donors (Lipinski definition) is 0. The van der Waals surface area contributed by atoms with Gasteiger partial charge in [-0.2, -0.15) is 0 Å². The SMILES string of the molecule is C=Cc1ncc(C(C)(C)CCC)s1. The molecule has 1 rings (SSSR count). The van der Waals surface area contributed by atoms with Crippen molar-refractivity contribution in [1.29, 1.82) is 0 Å². The number of hydrogen-bond acceptors (Lipinski definition) is 2. The van der Waals surface area contributed by atoms with E-state index in [0.717, 1.165) is 5.01 Å². The van der Waals surface area contributed by atoms with Gasteiger partial charge in [0, 0.05) is 16.5 Å². The van der Waals surface area contributed by atoms with Crippen LogP contribution in [0.1, 0.15) is 43.5 Å². The summed E-state index contributed by atoms with van der Waals surface area (Å²) in [4.78, 5) is 5.65. The van der Waals surface area contributed by atoms with Crippen molar-refractivity contribution < 1.29 is 0 Å². The summed E-state index contributed by atoms with van der Waals surface area (Å²) in [6, 6.07) is 0. The molecule has 0 N–H and O–H groups in total. The number of nitrogens with zero attached hydrogens (tertiary/aromatic N) is 1. The van der Waals surface area contributed by atoms with Gasteiger partial charge in [0.2, 0.25) is 0 Å². The van der Waals surface area contributed by atoms with Crippen LogP contribution in [0.25, 0.3) is 6.08 Å². The summed E-state index contributed by atoms with van der Waals surface area (Å²) in [6.45, 7) is 10.5. The van der Waals surface area contributed by atoms with E-state index in [4.69, 9.17) is 0 Å². The Morgan fingerprint density at radius 2 is 2.31 bits per heavy atom. The van der Waals surface area contributed by atoms with Crippen molar-refractivity contribution in [3.05, 3.63) is 22.7 Å². The number of thiazole rings is 1. The van der Waals surface area contributed by atoms with Crippen molar-refractivity contribution in [2.24, 2.45) is 0 Å². The topological polar surface area (TPSA) is 12.9 Å². The van der Waals surface area contributed by atoms with Crippen molar-refractivity contribution in [2.75, 3.05) is 0 Å². The van der Waals surface area contributed by atoms with Crippen LogP contribution in [0.5, 0.6) is 0 Å². The number of aromatic nitrogens is 1. The molecule has 0 saturated heterocycles. The zero-order chi connectivity index (χ0) is 9.90. The van der Waals surface area contributed by atoms with Crippen LogP contribution in [0.2, 0.25) is 0 Å². The summed E-state index contributed by atoms with van der Waals surface area (Å²) in [5, 5.41) is 1.03. The fourth-order valence-electron chi connectivity index (χ4n) is 1.44. The van der Waals surface area contributed by atoms with Gasteiger partial charge in [0.1, 0.15) is 5.01 Å². The minimum absolute atomic E-state index is 0.272. The summed E-state index contributed by atoms with van der Waals surface area (Å²) in [7, 11) is 0. The Morgan fingerprint density at radius 3 is 2.77 bits per heavy atom. The molecule has 0 spiro atoms. The maximum atomic E-state index is 4.28. The van der Waals surface area contributed by atoms with Crippen LogP contribution in [0.3, 0.4) is 0 Å². The van der Waals surface area contributed by atoms with Gasteiger partial charge in [-0.05, 0) is 12.5 Å². The van der Waals surface area contributed by atoms with E-state index in [1.165, 1.54) is 17.7 Å².